The van der Waals surface area contributed by atoms with Crippen LogP contribution >= 0.6 is 0 Å². The van der Waals surface area contributed by atoms with E-state index in [1.807, 2.05) is 28.8 Å². The first kappa shape index (κ1) is 18.2. The summed E-state index contributed by atoms with van der Waals surface area (Å²) in [5.41, 5.74) is 0. The van der Waals surface area contributed by atoms with E-state index < -0.39 is 0 Å². The number of rotatable bonds is 5. The molecule has 0 spiro atoms. The van der Waals surface area contributed by atoms with Gasteiger partial charge in [-0.05, 0) is 38.8 Å². The second-order valence-corrected chi connectivity index (χ2v) is 7.61. The number of likely N-dealkylation sites (tertiary alicyclic amines) is 1. The summed E-state index contributed by atoms with van der Waals surface area (Å²) in [5.74, 6) is 0.731. The molecule has 0 bridgehead atoms. The van der Waals surface area contributed by atoms with Gasteiger partial charge in [-0.1, -0.05) is 0 Å². The molecule has 1 aromatic rings. The smallest absolute Gasteiger partial charge is 0.317 e. The van der Waals surface area contributed by atoms with Crippen LogP contribution in [-0.4, -0.2) is 89.4 Å². The third-order valence-corrected chi connectivity index (χ3v) is 5.40. The maximum atomic E-state index is 12.4. The van der Waals surface area contributed by atoms with Crippen LogP contribution in [0.4, 0.5) is 4.79 Å². The number of piperazine rings is 1. The van der Waals surface area contributed by atoms with Crippen molar-refractivity contribution in [3.8, 4) is 0 Å². The van der Waals surface area contributed by atoms with Gasteiger partial charge in [-0.3, -0.25) is 4.68 Å². The highest BCUT2D eigenvalue weighted by molar-refractivity contribution is 5.74. The van der Waals surface area contributed by atoms with Crippen LogP contribution in [0.5, 0.6) is 0 Å². The molecule has 2 amide bonds. The van der Waals surface area contributed by atoms with E-state index in [4.69, 9.17) is 0 Å². The Morgan fingerprint density at radius 3 is 2.56 bits per heavy atom. The normalized spacial score (nSPS) is 22.1. The van der Waals surface area contributed by atoms with Crippen LogP contribution in [0.15, 0.2) is 18.5 Å². The zero-order chi connectivity index (χ0) is 17.6. The molecule has 2 aliphatic rings. The Morgan fingerprint density at radius 2 is 1.92 bits per heavy atom. The average Bonchev–Trinajstić information content (AvgIpc) is 3.10. The maximum Gasteiger partial charge on any atom is 0.317 e. The molecule has 25 heavy (non-hydrogen) atoms. The molecule has 1 aromatic heterocycles. The van der Waals surface area contributed by atoms with Crippen molar-refractivity contribution in [2.75, 3.05) is 52.9 Å². The minimum absolute atomic E-state index is 0.0673. The fourth-order valence-electron chi connectivity index (χ4n) is 3.75. The largest absolute Gasteiger partial charge is 0.334 e. The van der Waals surface area contributed by atoms with Gasteiger partial charge >= 0.3 is 6.03 Å². The van der Waals surface area contributed by atoms with Crippen LogP contribution in [0.1, 0.15) is 19.8 Å². The van der Waals surface area contributed by atoms with E-state index in [2.05, 4.69) is 27.3 Å². The van der Waals surface area contributed by atoms with Gasteiger partial charge in [-0.25, -0.2) is 4.79 Å². The summed E-state index contributed by atoms with van der Waals surface area (Å²) >= 11 is 0. The van der Waals surface area contributed by atoms with Gasteiger partial charge in [0.05, 0.1) is 6.54 Å². The Hall–Kier alpha value is -1.60. The fraction of sp³-hybridized carbons (Fsp3) is 0.778. The number of hydrogen-bond acceptors (Lipinski definition) is 4. The quantitative estimate of drug-likeness (QED) is 0.860. The zero-order valence-corrected chi connectivity index (χ0v) is 15.6. The van der Waals surface area contributed by atoms with Gasteiger partial charge < -0.3 is 20.0 Å². The highest BCUT2D eigenvalue weighted by Crippen LogP contribution is 2.19. The fourth-order valence-corrected chi connectivity index (χ4v) is 3.75. The second-order valence-electron chi connectivity index (χ2n) is 7.61. The number of carbonyl (C=O) groups is 1. The number of amides is 2. The van der Waals surface area contributed by atoms with Crippen molar-refractivity contribution in [2.45, 2.75) is 32.4 Å². The Bertz CT molecular complexity index is 518. The molecular formula is C18H32N6O. The van der Waals surface area contributed by atoms with Crippen LogP contribution in [0.25, 0.3) is 0 Å². The zero-order valence-electron chi connectivity index (χ0n) is 15.6. The van der Waals surface area contributed by atoms with Crippen molar-refractivity contribution in [2.24, 2.45) is 5.92 Å². The standard InChI is InChI=1S/C18H32N6O/c1-16(14-24-7-3-6-19-24)20-18(25)23-8-4-17(5-9-23)15-22-12-10-21(2)11-13-22/h3,6-7,16-17H,4-5,8-15H2,1-2H3,(H,20,25). The van der Waals surface area contributed by atoms with Gasteiger partial charge in [0.15, 0.2) is 0 Å². The second kappa shape index (κ2) is 8.67. The number of urea groups is 1. The molecule has 0 aliphatic carbocycles. The first-order valence-corrected chi connectivity index (χ1v) is 9.54. The number of hydrogen-bond donors (Lipinski definition) is 1. The average molecular weight is 348 g/mol. The van der Waals surface area contributed by atoms with Crippen molar-refractivity contribution >= 4 is 6.03 Å². The topological polar surface area (TPSA) is 56.6 Å². The number of nitrogens with one attached hydrogen (secondary N) is 1. The van der Waals surface area contributed by atoms with Crippen molar-refractivity contribution in [1.82, 2.24) is 29.8 Å². The molecule has 3 rings (SSSR count). The third-order valence-electron chi connectivity index (χ3n) is 5.40. The predicted octanol–water partition coefficient (Wildman–Crippen LogP) is 0.941. The molecular weight excluding hydrogens is 316 g/mol. The molecule has 0 saturated carbocycles. The van der Waals surface area contributed by atoms with Gasteiger partial charge in [0.1, 0.15) is 0 Å². The molecule has 140 valence electrons. The number of carbonyl (C=O) groups excluding carboxylic acids is 1. The van der Waals surface area contributed by atoms with E-state index in [1.165, 1.54) is 32.7 Å². The first-order valence-electron chi connectivity index (χ1n) is 9.54. The minimum atomic E-state index is 0.0673. The lowest BCUT2D eigenvalue weighted by Gasteiger charge is -2.38. The molecule has 1 atom stereocenters. The van der Waals surface area contributed by atoms with Crippen LogP contribution < -0.4 is 5.32 Å². The Kier molecular flexibility index (Phi) is 6.31. The van der Waals surface area contributed by atoms with E-state index >= 15 is 0 Å². The molecule has 3 heterocycles. The summed E-state index contributed by atoms with van der Waals surface area (Å²) in [4.78, 5) is 19.4. The Morgan fingerprint density at radius 1 is 1.20 bits per heavy atom. The summed E-state index contributed by atoms with van der Waals surface area (Å²) in [6.07, 6.45) is 5.92. The maximum absolute atomic E-state index is 12.4. The van der Waals surface area contributed by atoms with Gasteiger partial charge in [-0.2, -0.15) is 5.10 Å². The Labute approximate surface area is 150 Å². The van der Waals surface area contributed by atoms with E-state index in [0.29, 0.717) is 6.54 Å². The number of piperidine rings is 1. The number of nitrogens with zero attached hydrogens (tertiary/aromatic N) is 5. The molecule has 1 N–H and O–H groups in total. The molecule has 0 radical (unpaired) electrons. The lowest BCUT2D eigenvalue weighted by atomic mass is 9.96. The van der Waals surface area contributed by atoms with Crippen molar-refractivity contribution in [3.63, 3.8) is 0 Å². The van der Waals surface area contributed by atoms with E-state index in [-0.39, 0.29) is 12.1 Å². The van der Waals surface area contributed by atoms with Crippen molar-refractivity contribution in [1.29, 1.82) is 0 Å². The van der Waals surface area contributed by atoms with Crippen LogP contribution in [0, 0.1) is 5.92 Å². The molecule has 7 nitrogen and oxygen atoms in total. The summed E-state index contributed by atoms with van der Waals surface area (Å²) in [5, 5.41) is 7.29. The van der Waals surface area contributed by atoms with Gasteiger partial charge in [0.25, 0.3) is 0 Å². The van der Waals surface area contributed by atoms with E-state index in [1.54, 1.807) is 6.20 Å². The number of aromatic nitrogens is 2. The van der Waals surface area contributed by atoms with Crippen LogP contribution in [0.2, 0.25) is 0 Å². The van der Waals surface area contributed by atoms with Gasteiger partial charge in [0, 0.05) is 64.2 Å². The lowest BCUT2D eigenvalue weighted by molar-refractivity contribution is 0.110. The Balaban J connectivity index is 1.36. The van der Waals surface area contributed by atoms with Gasteiger partial charge in [-0.15, -0.1) is 0 Å². The highest BCUT2D eigenvalue weighted by Gasteiger charge is 2.25. The summed E-state index contributed by atoms with van der Waals surface area (Å²) in [7, 11) is 2.20. The molecule has 7 heteroatoms. The summed E-state index contributed by atoms with van der Waals surface area (Å²) in [6.45, 7) is 10.4. The molecule has 2 saturated heterocycles. The number of likely N-dealkylation sites (N-methyl/N-ethyl adjacent to an activating group) is 1. The van der Waals surface area contributed by atoms with Crippen molar-refractivity contribution in [3.05, 3.63) is 18.5 Å². The predicted molar refractivity (Wildman–Crippen MR) is 98.5 cm³/mol. The monoisotopic (exact) mass is 348 g/mol. The molecule has 0 aromatic carbocycles. The van der Waals surface area contributed by atoms with Gasteiger partial charge in [0.2, 0.25) is 0 Å². The minimum Gasteiger partial charge on any atom is -0.334 e. The molecule has 2 fully saturated rings. The molecule has 2 aliphatic heterocycles. The summed E-state index contributed by atoms with van der Waals surface area (Å²) in [6, 6.07) is 2.05. The van der Waals surface area contributed by atoms with E-state index in [9.17, 15) is 4.79 Å². The first-order chi connectivity index (χ1) is 12.1. The SMILES string of the molecule is CC(Cn1cccn1)NC(=O)N1CCC(CN2CCN(C)CC2)CC1. The highest BCUT2D eigenvalue weighted by atomic mass is 16.2. The molecule has 1 unspecified atom stereocenters. The van der Waals surface area contributed by atoms with Crippen LogP contribution in [-0.2, 0) is 6.54 Å². The summed E-state index contributed by atoms with van der Waals surface area (Å²) < 4.78 is 1.85. The lowest BCUT2D eigenvalue weighted by Crippen LogP contribution is -2.50. The van der Waals surface area contributed by atoms with Crippen LogP contribution in [0.3, 0.4) is 0 Å². The van der Waals surface area contributed by atoms with E-state index in [0.717, 1.165) is 31.8 Å². The third kappa shape index (κ3) is 5.44. The van der Waals surface area contributed by atoms with Crippen molar-refractivity contribution < 1.29 is 4.79 Å².